The highest BCUT2D eigenvalue weighted by Gasteiger charge is 2.22. The molecule has 0 radical (unpaired) electrons. The Bertz CT molecular complexity index is 1620. The predicted molar refractivity (Wildman–Crippen MR) is 157 cm³/mol. The smallest absolute Gasteiger partial charge is 0.331 e. The van der Waals surface area contributed by atoms with Crippen molar-refractivity contribution >= 4 is 22.8 Å². The monoisotopic (exact) mass is 561 g/mol. The van der Waals surface area contributed by atoms with Gasteiger partial charge in [0.05, 0.1) is 11.1 Å². The molecule has 0 atom stereocenters. The summed E-state index contributed by atoms with van der Waals surface area (Å²) >= 11 is 0. The second-order valence-corrected chi connectivity index (χ2v) is 10.5. The lowest BCUT2D eigenvalue weighted by atomic mass is 10.1. The number of piperidine rings is 1. The first kappa shape index (κ1) is 28.4. The number of carbonyl (C=O) groups is 1. The van der Waals surface area contributed by atoms with E-state index in [0.29, 0.717) is 60.7 Å². The summed E-state index contributed by atoms with van der Waals surface area (Å²) in [6.45, 7) is 7.89. The van der Waals surface area contributed by atoms with E-state index in [-0.39, 0.29) is 22.7 Å². The lowest BCUT2D eigenvalue weighted by molar-refractivity contribution is 0.0981. The summed E-state index contributed by atoms with van der Waals surface area (Å²) in [5, 5.41) is 0. The number of anilines is 1. The van der Waals surface area contributed by atoms with Gasteiger partial charge in [-0.05, 0) is 69.1 Å². The van der Waals surface area contributed by atoms with Crippen molar-refractivity contribution in [3.63, 3.8) is 0 Å². The Kier molecular flexibility index (Phi) is 8.72. The zero-order chi connectivity index (χ0) is 28.9. The number of fused-ring (bicyclic) bond motifs is 1. The fraction of sp³-hybridized carbons (Fsp3) is 0.433. The van der Waals surface area contributed by atoms with Crippen LogP contribution in [0.1, 0.15) is 56.3 Å². The Hall–Kier alpha value is -4.12. The minimum atomic E-state index is -0.645. The van der Waals surface area contributed by atoms with Crippen LogP contribution in [0.15, 0.2) is 52.3 Å². The Balaban J connectivity index is 1.48. The highest BCUT2D eigenvalue weighted by molar-refractivity contribution is 6.05. The number of H-pyrrole nitrogens is 1. The lowest BCUT2D eigenvalue weighted by Crippen LogP contribution is -2.41. The van der Waals surface area contributed by atoms with E-state index in [0.717, 1.165) is 32.4 Å². The van der Waals surface area contributed by atoms with Crippen molar-refractivity contribution in [2.24, 2.45) is 0 Å². The van der Waals surface area contributed by atoms with Gasteiger partial charge in [0.1, 0.15) is 11.3 Å². The molecular formula is C30H36FN7O3. The second kappa shape index (κ2) is 12.6. The fourth-order valence-electron chi connectivity index (χ4n) is 5.41. The van der Waals surface area contributed by atoms with E-state index in [1.54, 1.807) is 21.7 Å². The van der Waals surface area contributed by atoms with Gasteiger partial charge in [0, 0.05) is 49.8 Å². The van der Waals surface area contributed by atoms with Crippen molar-refractivity contribution < 1.29 is 9.18 Å². The lowest BCUT2D eigenvalue weighted by Gasteiger charge is -2.29. The molecule has 0 saturated carbocycles. The van der Waals surface area contributed by atoms with Gasteiger partial charge in [-0.2, -0.15) is 4.39 Å². The van der Waals surface area contributed by atoms with Crippen LogP contribution < -0.4 is 16.1 Å². The number of carbonyl (C=O) groups excluding carboxylic acids is 1. The molecule has 10 nitrogen and oxygen atoms in total. The van der Waals surface area contributed by atoms with E-state index >= 15 is 0 Å². The standard InChI is InChI=1S/C30H36FN7O3/c1-3-12-36-24-18-23(34-27(24)29(40)38(13-4-2)30(36)41)21-9-11-26(33-19-21)37(17-16-35-14-6-5-7-15-35)28(39)22-8-10-25(31)32-20-22/h8-11,18-20,34H,3-7,12-17H2,1-2H3. The number of hydrogen-bond acceptors (Lipinski definition) is 6. The van der Waals surface area contributed by atoms with Crippen molar-refractivity contribution in [3.05, 3.63) is 75.1 Å². The summed E-state index contributed by atoms with van der Waals surface area (Å²) in [7, 11) is 0. The minimum Gasteiger partial charge on any atom is -0.349 e. The maximum Gasteiger partial charge on any atom is 0.331 e. The van der Waals surface area contributed by atoms with Gasteiger partial charge in [-0.25, -0.2) is 14.8 Å². The minimum absolute atomic E-state index is 0.281. The number of aryl methyl sites for hydroxylation is 1. The number of aromatic amines is 1. The second-order valence-electron chi connectivity index (χ2n) is 10.5. The first-order chi connectivity index (χ1) is 19.9. The molecule has 216 valence electrons. The Morgan fingerprint density at radius 2 is 1.71 bits per heavy atom. The van der Waals surface area contributed by atoms with Crippen molar-refractivity contribution in [3.8, 4) is 11.3 Å². The molecule has 1 aliphatic heterocycles. The molecule has 41 heavy (non-hydrogen) atoms. The number of hydrogen-bond donors (Lipinski definition) is 1. The zero-order valence-corrected chi connectivity index (χ0v) is 23.6. The molecule has 0 spiro atoms. The fourth-order valence-corrected chi connectivity index (χ4v) is 5.41. The average molecular weight is 562 g/mol. The quantitative estimate of drug-likeness (QED) is 0.293. The number of likely N-dealkylation sites (tertiary alicyclic amines) is 1. The van der Waals surface area contributed by atoms with Crippen molar-refractivity contribution in [1.29, 1.82) is 0 Å². The number of aromatic nitrogens is 5. The Labute approximate surface area is 237 Å². The zero-order valence-electron chi connectivity index (χ0n) is 23.6. The van der Waals surface area contributed by atoms with Crippen LogP contribution in [0.3, 0.4) is 0 Å². The molecule has 5 rings (SSSR count). The van der Waals surface area contributed by atoms with Gasteiger partial charge in [0.15, 0.2) is 0 Å². The topological polar surface area (TPSA) is 109 Å². The van der Waals surface area contributed by atoms with E-state index in [1.165, 1.54) is 29.3 Å². The first-order valence-electron chi connectivity index (χ1n) is 14.4. The molecule has 4 aromatic rings. The van der Waals surface area contributed by atoms with Crippen molar-refractivity contribution in [1.82, 2.24) is 29.0 Å². The molecular weight excluding hydrogens is 525 g/mol. The Morgan fingerprint density at radius 3 is 2.37 bits per heavy atom. The molecule has 11 heteroatoms. The van der Waals surface area contributed by atoms with Gasteiger partial charge < -0.3 is 9.88 Å². The van der Waals surface area contributed by atoms with Crippen LogP contribution in [0.5, 0.6) is 0 Å². The van der Waals surface area contributed by atoms with Crippen LogP contribution >= 0.6 is 0 Å². The third-order valence-electron chi connectivity index (χ3n) is 7.55. The highest BCUT2D eigenvalue weighted by atomic mass is 19.1. The van der Waals surface area contributed by atoms with Crippen LogP contribution in [-0.2, 0) is 13.1 Å². The number of nitrogens with zero attached hydrogens (tertiary/aromatic N) is 6. The summed E-state index contributed by atoms with van der Waals surface area (Å²) in [5.41, 5.74) is 1.96. The number of amides is 1. The molecule has 1 N–H and O–H groups in total. The van der Waals surface area contributed by atoms with E-state index in [4.69, 9.17) is 0 Å². The molecule has 1 amide bonds. The van der Waals surface area contributed by atoms with E-state index in [2.05, 4.69) is 19.9 Å². The van der Waals surface area contributed by atoms with Gasteiger partial charge in [-0.15, -0.1) is 0 Å². The Morgan fingerprint density at radius 1 is 0.951 bits per heavy atom. The molecule has 0 aromatic carbocycles. The third kappa shape index (κ3) is 6.00. The average Bonchev–Trinajstić information content (AvgIpc) is 3.44. The SMILES string of the molecule is CCCn1c(=O)c2[nH]c(-c3ccc(N(CCN4CCCCC4)C(=O)c4ccc(F)nc4)nc3)cc2n(CCC)c1=O. The van der Waals surface area contributed by atoms with Gasteiger partial charge in [-0.1, -0.05) is 20.3 Å². The van der Waals surface area contributed by atoms with Gasteiger partial charge >= 0.3 is 5.69 Å². The van der Waals surface area contributed by atoms with Crippen LogP contribution in [0, 0.1) is 5.95 Å². The first-order valence-corrected chi connectivity index (χ1v) is 14.4. The van der Waals surface area contributed by atoms with Crippen LogP contribution in [0.25, 0.3) is 22.3 Å². The number of pyridine rings is 2. The maximum atomic E-state index is 13.5. The number of halogens is 1. The van der Waals surface area contributed by atoms with E-state index < -0.39 is 5.95 Å². The molecule has 1 aliphatic rings. The normalized spacial score (nSPS) is 14.0. The van der Waals surface area contributed by atoms with Gasteiger partial charge in [-0.3, -0.25) is 23.6 Å². The predicted octanol–water partition coefficient (Wildman–Crippen LogP) is 4.04. The summed E-state index contributed by atoms with van der Waals surface area (Å²) in [6, 6.07) is 8.02. The van der Waals surface area contributed by atoms with Crippen molar-refractivity contribution in [2.75, 3.05) is 31.1 Å². The van der Waals surface area contributed by atoms with Gasteiger partial charge in [0.25, 0.3) is 11.5 Å². The van der Waals surface area contributed by atoms with Crippen LogP contribution in [0.4, 0.5) is 10.2 Å². The number of rotatable bonds is 10. The van der Waals surface area contributed by atoms with E-state index in [1.807, 2.05) is 26.0 Å². The molecule has 5 heterocycles. The van der Waals surface area contributed by atoms with E-state index in [9.17, 15) is 18.8 Å². The summed E-state index contributed by atoms with van der Waals surface area (Å²) in [4.78, 5) is 55.1. The third-order valence-corrected chi connectivity index (χ3v) is 7.55. The van der Waals surface area contributed by atoms with Crippen LogP contribution in [0.2, 0.25) is 0 Å². The maximum absolute atomic E-state index is 13.5. The molecule has 0 aliphatic carbocycles. The molecule has 0 bridgehead atoms. The van der Waals surface area contributed by atoms with Gasteiger partial charge in [0.2, 0.25) is 5.95 Å². The molecule has 0 unspecified atom stereocenters. The highest BCUT2D eigenvalue weighted by Crippen LogP contribution is 2.24. The summed E-state index contributed by atoms with van der Waals surface area (Å²) in [6.07, 6.45) is 7.82. The largest absolute Gasteiger partial charge is 0.349 e. The summed E-state index contributed by atoms with van der Waals surface area (Å²) in [5.74, 6) is -0.488. The van der Waals surface area contributed by atoms with Crippen molar-refractivity contribution in [2.45, 2.75) is 59.0 Å². The summed E-state index contributed by atoms with van der Waals surface area (Å²) < 4.78 is 16.4. The molecule has 1 fully saturated rings. The van der Waals surface area contributed by atoms with Crippen LogP contribution in [-0.4, -0.2) is 61.1 Å². The molecule has 4 aromatic heterocycles. The molecule has 1 saturated heterocycles. The number of nitrogens with one attached hydrogen (secondary N) is 1.